The molecule has 1 unspecified atom stereocenters. The van der Waals surface area contributed by atoms with Crippen molar-refractivity contribution in [3.05, 3.63) is 48.3 Å². The Morgan fingerprint density at radius 3 is 2.55 bits per heavy atom. The maximum atomic E-state index is 12.8. The first-order valence-electron chi connectivity index (χ1n) is 6.07. The minimum atomic E-state index is -1.10. The molecule has 0 saturated carbocycles. The van der Waals surface area contributed by atoms with Gasteiger partial charge in [0.1, 0.15) is 12.4 Å². The molecule has 0 radical (unpaired) electrons. The van der Waals surface area contributed by atoms with Crippen molar-refractivity contribution in [2.75, 3.05) is 13.1 Å². The van der Waals surface area contributed by atoms with E-state index in [0.29, 0.717) is 0 Å². The zero-order valence-corrected chi connectivity index (χ0v) is 11.2. The molecular formula is C14H17FN2O3. The van der Waals surface area contributed by atoms with E-state index in [1.807, 2.05) is 0 Å². The van der Waals surface area contributed by atoms with Gasteiger partial charge in [0.2, 0.25) is 0 Å². The van der Waals surface area contributed by atoms with Crippen LogP contribution in [0.3, 0.4) is 0 Å². The fourth-order valence-electron chi connectivity index (χ4n) is 1.65. The summed E-state index contributed by atoms with van der Waals surface area (Å²) in [5, 5.41) is 11.4. The lowest BCUT2D eigenvalue weighted by Gasteiger charge is -2.22. The van der Waals surface area contributed by atoms with Crippen LogP contribution in [-0.4, -0.2) is 35.1 Å². The van der Waals surface area contributed by atoms with Gasteiger partial charge < -0.3 is 15.3 Å². The summed E-state index contributed by atoms with van der Waals surface area (Å²) in [5.74, 6) is -1.46. The van der Waals surface area contributed by atoms with Crippen LogP contribution in [0.25, 0.3) is 0 Å². The average molecular weight is 280 g/mol. The number of urea groups is 1. The van der Waals surface area contributed by atoms with Gasteiger partial charge in [-0.25, -0.2) is 9.18 Å². The van der Waals surface area contributed by atoms with Crippen LogP contribution in [0.5, 0.6) is 0 Å². The predicted molar refractivity (Wildman–Crippen MR) is 72.8 cm³/mol. The van der Waals surface area contributed by atoms with Gasteiger partial charge in [0.15, 0.2) is 0 Å². The van der Waals surface area contributed by atoms with E-state index < -0.39 is 18.5 Å². The van der Waals surface area contributed by atoms with Crippen LogP contribution in [0.1, 0.15) is 18.5 Å². The molecule has 2 amide bonds. The summed E-state index contributed by atoms with van der Waals surface area (Å²) in [5.41, 5.74) is 0.730. The molecule has 0 bridgehead atoms. The zero-order chi connectivity index (χ0) is 15.1. The highest BCUT2D eigenvalue weighted by molar-refractivity contribution is 5.80. The molecule has 0 aliphatic rings. The number of nitrogens with zero attached hydrogens (tertiary/aromatic N) is 1. The van der Waals surface area contributed by atoms with Crippen molar-refractivity contribution in [3.8, 4) is 0 Å². The summed E-state index contributed by atoms with van der Waals surface area (Å²) in [6, 6.07) is 4.87. The molecule has 0 fully saturated rings. The summed E-state index contributed by atoms with van der Waals surface area (Å²) >= 11 is 0. The number of carboxylic acid groups (broad SMARTS) is 1. The molecule has 2 N–H and O–H groups in total. The maximum absolute atomic E-state index is 12.8. The second-order valence-electron chi connectivity index (χ2n) is 4.29. The van der Waals surface area contributed by atoms with E-state index in [-0.39, 0.29) is 18.4 Å². The molecule has 20 heavy (non-hydrogen) atoms. The number of hydrogen-bond acceptors (Lipinski definition) is 2. The fraction of sp³-hybridized carbons (Fsp3) is 0.286. The van der Waals surface area contributed by atoms with Crippen LogP contribution in [-0.2, 0) is 4.79 Å². The molecule has 1 rings (SSSR count). The van der Waals surface area contributed by atoms with Gasteiger partial charge in [-0.15, -0.1) is 6.58 Å². The normalized spacial score (nSPS) is 11.5. The Bertz CT molecular complexity index is 488. The zero-order valence-electron chi connectivity index (χ0n) is 11.2. The lowest BCUT2D eigenvalue weighted by molar-refractivity contribution is -0.137. The molecule has 5 nitrogen and oxygen atoms in total. The molecule has 0 aromatic heterocycles. The fourth-order valence-corrected chi connectivity index (χ4v) is 1.65. The summed E-state index contributed by atoms with van der Waals surface area (Å²) < 4.78 is 12.8. The van der Waals surface area contributed by atoms with Crippen molar-refractivity contribution in [2.45, 2.75) is 13.0 Å². The summed E-state index contributed by atoms with van der Waals surface area (Å²) in [4.78, 5) is 23.8. The molecular weight excluding hydrogens is 263 g/mol. The predicted octanol–water partition coefficient (Wildman–Crippen LogP) is 2.17. The maximum Gasteiger partial charge on any atom is 0.323 e. The number of carboxylic acids is 1. The molecule has 1 aromatic carbocycles. The summed E-state index contributed by atoms with van der Waals surface area (Å²) in [6.45, 7) is 4.94. The molecule has 0 saturated heterocycles. The van der Waals surface area contributed by atoms with Crippen molar-refractivity contribution in [2.24, 2.45) is 0 Å². The Balaban J connectivity index is 2.69. The highest BCUT2D eigenvalue weighted by atomic mass is 19.1. The third-order valence-corrected chi connectivity index (χ3v) is 2.67. The minimum absolute atomic E-state index is 0.133. The van der Waals surface area contributed by atoms with E-state index >= 15 is 0 Å². The number of halogens is 1. The number of benzene rings is 1. The SMILES string of the molecule is C=CCN(CC(=O)O)C(=O)NC(C)c1ccc(F)cc1. The number of carbonyl (C=O) groups excluding carboxylic acids is 1. The lowest BCUT2D eigenvalue weighted by Crippen LogP contribution is -2.43. The van der Waals surface area contributed by atoms with Crippen molar-refractivity contribution in [3.63, 3.8) is 0 Å². The lowest BCUT2D eigenvalue weighted by atomic mass is 10.1. The first kappa shape index (κ1) is 15.7. The van der Waals surface area contributed by atoms with E-state index in [0.717, 1.165) is 10.5 Å². The van der Waals surface area contributed by atoms with Crippen LogP contribution in [0, 0.1) is 5.82 Å². The number of amides is 2. The molecule has 0 heterocycles. The Morgan fingerprint density at radius 2 is 2.05 bits per heavy atom. The Labute approximate surface area is 116 Å². The molecule has 0 aliphatic carbocycles. The van der Waals surface area contributed by atoms with Gasteiger partial charge in [-0.1, -0.05) is 18.2 Å². The van der Waals surface area contributed by atoms with Crippen molar-refractivity contribution in [1.82, 2.24) is 10.2 Å². The Kier molecular flexibility index (Phi) is 5.71. The molecule has 0 spiro atoms. The molecule has 108 valence electrons. The van der Waals surface area contributed by atoms with E-state index in [9.17, 15) is 14.0 Å². The third kappa shape index (κ3) is 4.72. The molecule has 1 aromatic rings. The van der Waals surface area contributed by atoms with Gasteiger partial charge in [-0.05, 0) is 24.6 Å². The summed E-state index contributed by atoms with van der Waals surface area (Å²) in [7, 11) is 0. The van der Waals surface area contributed by atoms with Crippen LogP contribution in [0.2, 0.25) is 0 Å². The average Bonchev–Trinajstić information content (AvgIpc) is 2.38. The standard InChI is InChI=1S/C14H17FN2O3/c1-3-8-17(9-13(18)19)14(20)16-10(2)11-4-6-12(15)7-5-11/h3-7,10H,1,8-9H2,2H3,(H,16,20)(H,18,19). The van der Waals surface area contributed by atoms with Crippen LogP contribution < -0.4 is 5.32 Å². The van der Waals surface area contributed by atoms with E-state index in [4.69, 9.17) is 5.11 Å². The monoisotopic (exact) mass is 280 g/mol. The van der Waals surface area contributed by atoms with Crippen molar-refractivity contribution in [1.29, 1.82) is 0 Å². The Morgan fingerprint density at radius 1 is 1.45 bits per heavy atom. The van der Waals surface area contributed by atoms with Gasteiger partial charge in [-0.2, -0.15) is 0 Å². The van der Waals surface area contributed by atoms with E-state index in [2.05, 4.69) is 11.9 Å². The second kappa shape index (κ2) is 7.28. The number of carbonyl (C=O) groups is 2. The van der Waals surface area contributed by atoms with Gasteiger partial charge in [0.25, 0.3) is 0 Å². The minimum Gasteiger partial charge on any atom is -0.480 e. The molecule has 0 aliphatic heterocycles. The Hall–Kier alpha value is -2.37. The van der Waals surface area contributed by atoms with Crippen molar-refractivity contribution < 1.29 is 19.1 Å². The number of nitrogens with one attached hydrogen (secondary N) is 1. The summed E-state index contributed by atoms with van der Waals surface area (Å²) in [6.07, 6.45) is 1.45. The second-order valence-corrected chi connectivity index (χ2v) is 4.29. The molecule has 6 heteroatoms. The first-order chi connectivity index (χ1) is 9.43. The van der Waals surface area contributed by atoms with Crippen LogP contribution >= 0.6 is 0 Å². The largest absolute Gasteiger partial charge is 0.480 e. The quantitative estimate of drug-likeness (QED) is 0.785. The first-order valence-corrected chi connectivity index (χ1v) is 6.07. The number of rotatable bonds is 6. The third-order valence-electron chi connectivity index (χ3n) is 2.67. The van der Waals surface area contributed by atoms with Crippen molar-refractivity contribution >= 4 is 12.0 Å². The van der Waals surface area contributed by atoms with Gasteiger partial charge in [-0.3, -0.25) is 4.79 Å². The van der Waals surface area contributed by atoms with Gasteiger partial charge in [0.05, 0.1) is 6.04 Å². The van der Waals surface area contributed by atoms with E-state index in [1.165, 1.54) is 18.2 Å². The number of aliphatic carboxylic acids is 1. The topological polar surface area (TPSA) is 69.6 Å². The van der Waals surface area contributed by atoms with Gasteiger partial charge in [0, 0.05) is 6.54 Å². The van der Waals surface area contributed by atoms with Crippen LogP contribution in [0.15, 0.2) is 36.9 Å². The number of hydrogen-bond donors (Lipinski definition) is 2. The molecule has 1 atom stereocenters. The highest BCUT2D eigenvalue weighted by Crippen LogP contribution is 2.13. The van der Waals surface area contributed by atoms with Gasteiger partial charge >= 0.3 is 12.0 Å². The smallest absolute Gasteiger partial charge is 0.323 e. The van der Waals surface area contributed by atoms with Crippen LogP contribution in [0.4, 0.5) is 9.18 Å². The highest BCUT2D eigenvalue weighted by Gasteiger charge is 2.17. The van der Waals surface area contributed by atoms with E-state index in [1.54, 1.807) is 19.1 Å².